The first-order valence-electron chi connectivity index (χ1n) is 7.60. The van der Waals surface area contributed by atoms with Crippen molar-refractivity contribution in [2.45, 2.75) is 20.8 Å². The molecule has 138 valence electrons. The van der Waals surface area contributed by atoms with Gasteiger partial charge in [0.05, 0.1) is 17.6 Å². The van der Waals surface area contributed by atoms with Gasteiger partial charge >= 0.3 is 5.97 Å². The zero-order chi connectivity index (χ0) is 19.4. The number of carbonyl (C=O) groups excluding carboxylic acids is 2. The summed E-state index contributed by atoms with van der Waals surface area (Å²) in [5.74, 6) is -0.628. The van der Waals surface area contributed by atoms with Crippen molar-refractivity contribution >= 4 is 33.9 Å². The number of aryl methyl sites for hydroxylation is 2. The Kier molecular flexibility index (Phi) is 5.93. The molecule has 8 nitrogen and oxygen atoms in total. The molecule has 0 spiro atoms. The van der Waals surface area contributed by atoms with E-state index in [4.69, 9.17) is 9.47 Å². The zero-order valence-corrected chi connectivity index (χ0v) is 15.6. The standard InChI is InChI=1S/C17H18N2O6S/c1-9-7-12(5-6-13(9)19(22)23)25-8-14(20)18-16-15(17(21)24-4)10(2)11(3)26-16/h5-7H,8H2,1-4H3,(H,18,20). The molecule has 0 aliphatic heterocycles. The molecule has 1 aromatic heterocycles. The van der Waals surface area contributed by atoms with Gasteiger partial charge in [0.2, 0.25) is 0 Å². The Hall–Kier alpha value is -2.94. The average molecular weight is 378 g/mol. The fourth-order valence-electron chi connectivity index (χ4n) is 2.30. The van der Waals surface area contributed by atoms with Gasteiger partial charge in [0.15, 0.2) is 6.61 Å². The summed E-state index contributed by atoms with van der Waals surface area (Å²) in [6.07, 6.45) is 0. The number of methoxy groups -OCH3 is 1. The van der Waals surface area contributed by atoms with Crippen LogP contribution < -0.4 is 10.1 Å². The van der Waals surface area contributed by atoms with Crippen LogP contribution in [0, 0.1) is 30.9 Å². The highest BCUT2D eigenvalue weighted by Gasteiger charge is 2.21. The number of carbonyl (C=O) groups is 2. The maximum Gasteiger partial charge on any atom is 0.341 e. The first-order chi connectivity index (χ1) is 12.2. The molecule has 9 heteroatoms. The van der Waals surface area contributed by atoms with Crippen molar-refractivity contribution in [3.63, 3.8) is 0 Å². The summed E-state index contributed by atoms with van der Waals surface area (Å²) in [7, 11) is 1.28. The van der Waals surface area contributed by atoms with E-state index in [-0.39, 0.29) is 12.3 Å². The smallest absolute Gasteiger partial charge is 0.341 e. The lowest BCUT2D eigenvalue weighted by atomic mass is 10.1. The summed E-state index contributed by atoms with van der Waals surface area (Å²) >= 11 is 1.28. The van der Waals surface area contributed by atoms with E-state index >= 15 is 0 Å². The molecular formula is C17H18N2O6S. The Labute approximate surface area is 153 Å². The van der Waals surface area contributed by atoms with Crippen LogP contribution in [0.2, 0.25) is 0 Å². The number of ether oxygens (including phenoxy) is 2. The van der Waals surface area contributed by atoms with E-state index in [9.17, 15) is 19.7 Å². The van der Waals surface area contributed by atoms with Crippen molar-refractivity contribution < 1.29 is 24.0 Å². The van der Waals surface area contributed by atoms with Crippen LogP contribution >= 0.6 is 11.3 Å². The fourth-order valence-corrected chi connectivity index (χ4v) is 3.36. The van der Waals surface area contributed by atoms with Crippen LogP contribution in [0.5, 0.6) is 5.75 Å². The molecule has 0 aliphatic carbocycles. The third kappa shape index (κ3) is 4.17. The van der Waals surface area contributed by atoms with Crippen LogP contribution in [0.1, 0.15) is 26.4 Å². The number of nitrogens with one attached hydrogen (secondary N) is 1. The zero-order valence-electron chi connectivity index (χ0n) is 14.7. The van der Waals surface area contributed by atoms with Gasteiger partial charge in [0.1, 0.15) is 10.8 Å². The summed E-state index contributed by atoms with van der Waals surface area (Å²) in [6.45, 7) is 4.92. The molecule has 0 bridgehead atoms. The van der Waals surface area contributed by atoms with E-state index in [0.717, 1.165) is 10.4 Å². The number of thiophene rings is 1. The predicted octanol–water partition coefficient (Wildman–Crippen LogP) is 3.39. The molecular weight excluding hydrogens is 360 g/mol. The number of nitro benzene ring substituents is 1. The molecule has 0 fully saturated rings. The van der Waals surface area contributed by atoms with Gasteiger partial charge in [-0.2, -0.15) is 0 Å². The van der Waals surface area contributed by atoms with Crippen molar-refractivity contribution in [1.29, 1.82) is 0 Å². The average Bonchev–Trinajstić information content (AvgIpc) is 2.86. The van der Waals surface area contributed by atoms with Crippen LogP contribution in [0.4, 0.5) is 10.7 Å². The molecule has 1 heterocycles. The third-order valence-electron chi connectivity index (χ3n) is 3.76. The van der Waals surface area contributed by atoms with E-state index in [1.807, 2.05) is 6.92 Å². The molecule has 2 aromatic rings. The van der Waals surface area contributed by atoms with E-state index in [2.05, 4.69) is 5.32 Å². The lowest BCUT2D eigenvalue weighted by Gasteiger charge is -2.08. The molecule has 0 radical (unpaired) electrons. The monoisotopic (exact) mass is 378 g/mol. The highest BCUT2D eigenvalue weighted by Crippen LogP contribution is 2.33. The van der Waals surface area contributed by atoms with E-state index < -0.39 is 16.8 Å². The number of nitrogens with zero attached hydrogens (tertiary/aromatic N) is 1. The van der Waals surface area contributed by atoms with Crippen molar-refractivity contribution in [2.75, 3.05) is 19.0 Å². The van der Waals surface area contributed by atoms with Gasteiger partial charge in [-0.1, -0.05) is 0 Å². The van der Waals surface area contributed by atoms with Gasteiger partial charge in [-0.3, -0.25) is 14.9 Å². The van der Waals surface area contributed by atoms with Crippen molar-refractivity contribution in [3.05, 3.63) is 49.9 Å². The van der Waals surface area contributed by atoms with Gasteiger partial charge < -0.3 is 14.8 Å². The Bertz CT molecular complexity index is 874. The Morgan fingerprint density at radius 2 is 1.96 bits per heavy atom. The molecule has 1 N–H and O–H groups in total. The van der Waals surface area contributed by atoms with E-state index in [1.165, 1.54) is 36.6 Å². The molecule has 0 saturated heterocycles. The molecule has 0 atom stereocenters. The van der Waals surface area contributed by atoms with Crippen LogP contribution in [-0.4, -0.2) is 30.5 Å². The molecule has 1 aromatic carbocycles. The lowest BCUT2D eigenvalue weighted by Crippen LogP contribution is -2.21. The van der Waals surface area contributed by atoms with E-state index in [0.29, 0.717) is 21.9 Å². The Balaban J connectivity index is 2.06. The first-order valence-corrected chi connectivity index (χ1v) is 8.42. The normalized spacial score (nSPS) is 10.3. The van der Waals surface area contributed by atoms with Crippen LogP contribution in [-0.2, 0) is 9.53 Å². The summed E-state index contributed by atoms with van der Waals surface area (Å²) in [4.78, 5) is 35.3. The Morgan fingerprint density at radius 1 is 1.27 bits per heavy atom. The lowest BCUT2D eigenvalue weighted by molar-refractivity contribution is -0.385. The number of nitro groups is 1. The van der Waals surface area contributed by atoms with Gasteiger partial charge in [-0.15, -0.1) is 11.3 Å². The van der Waals surface area contributed by atoms with Crippen LogP contribution in [0.25, 0.3) is 0 Å². The molecule has 26 heavy (non-hydrogen) atoms. The summed E-state index contributed by atoms with van der Waals surface area (Å²) < 4.78 is 10.1. The minimum absolute atomic E-state index is 0.0194. The number of amides is 1. The van der Waals surface area contributed by atoms with Crippen molar-refractivity contribution in [2.24, 2.45) is 0 Å². The highest BCUT2D eigenvalue weighted by molar-refractivity contribution is 7.16. The second-order valence-electron chi connectivity index (χ2n) is 5.52. The number of esters is 1. The van der Waals surface area contributed by atoms with Gasteiger partial charge in [-0.25, -0.2) is 4.79 Å². The number of rotatable bonds is 6. The third-order valence-corrected chi connectivity index (χ3v) is 4.89. The van der Waals surface area contributed by atoms with Gasteiger partial charge in [-0.05, 0) is 38.5 Å². The first kappa shape index (κ1) is 19.4. The highest BCUT2D eigenvalue weighted by atomic mass is 32.1. The number of anilines is 1. The second kappa shape index (κ2) is 7.96. The van der Waals surface area contributed by atoms with Gasteiger partial charge in [0, 0.05) is 16.5 Å². The summed E-state index contributed by atoms with van der Waals surface area (Å²) in [5, 5.41) is 13.9. The Morgan fingerprint density at radius 3 is 2.54 bits per heavy atom. The largest absolute Gasteiger partial charge is 0.484 e. The van der Waals surface area contributed by atoms with Crippen molar-refractivity contribution in [3.8, 4) is 5.75 Å². The molecule has 1 amide bonds. The maximum absolute atomic E-state index is 12.1. The minimum atomic E-state index is -0.519. The molecule has 0 saturated carbocycles. The molecule has 2 rings (SSSR count). The topological polar surface area (TPSA) is 108 Å². The molecule has 0 unspecified atom stereocenters. The summed E-state index contributed by atoms with van der Waals surface area (Å²) in [6, 6.07) is 4.24. The van der Waals surface area contributed by atoms with Crippen LogP contribution in [0.15, 0.2) is 18.2 Å². The quantitative estimate of drug-likeness (QED) is 0.469. The fraction of sp³-hybridized carbons (Fsp3) is 0.294. The molecule has 0 aliphatic rings. The van der Waals surface area contributed by atoms with Crippen LogP contribution in [0.3, 0.4) is 0 Å². The number of hydrogen-bond donors (Lipinski definition) is 1. The summed E-state index contributed by atoms with van der Waals surface area (Å²) in [5.41, 5.74) is 1.50. The van der Waals surface area contributed by atoms with Crippen molar-refractivity contribution in [1.82, 2.24) is 0 Å². The second-order valence-corrected chi connectivity index (χ2v) is 6.75. The van der Waals surface area contributed by atoms with E-state index in [1.54, 1.807) is 13.8 Å². The maximum atomic E-state index is 12.1. The van der Waals surface area contributed by atoms with Gasteiger partial charge in [0.25, 0.3) is 11.6 Å². The minimum Gasteiger partial charge on any atom is -0.484 e. The predicted molar refractivity (Wildman–Crippen MR) is 97.1 cm³/mol. The number of hydrogen-bond acceptors (Lipinski definition) is 7. The number of benzene rings is 1. The SMILES string of the molecule is COC(=O)c1c(NC(=O)COc2ccc([N+](=O)[O-])c(C)c2)sc(C)c1C.